The van der Waals surface area contributed by atoms with E-state index in [0.29, 0.717) is 6.54 Å². The number of nitrogens with one attached hydrogen (secondary N) is 1. The summed E-state index contributed by atoms with van der Waals surface area (Å²) in [5.74, 6) is -0.987. The molecule has 1 heterocycles. The predicted octanol–water partition coefficient (Wildman–Crippen LogP) is 0.965. The Hall–Kier alpha value is -1.20. The van der Waals surface area contributed by atoms with Gasteiger partial charge in [-0.05, 0) is 12.1 Å². The molecule has 1 aliphatic heterocycles. The van der Waals surface area contributed by atoms with Gasteiger partial charge in [-0.25, -0.2) is 12.8 Å². The van der Waals surface area contributed by atoms with Crippen LogP contribution in [0.15, 0.2) is 23.1 Å². The molecular formula is C11H11ClFN3O2S. The normalized spacial score (nSPS) is 21.0. The molecule has 1 fully saturated rings. The summed E-state index contributed by atoms with van der Waals surface area (Å²) in [5.41, 5.74) is 0. The Kier molecular flexibility index (Phi) is 4.06. The maximum Gasteiger partial charge on any atom is 0.247 e. The van der Waals surface area contributed by atoms with Crippen LogP contribution in [0.2, 0.25) is 5.02 Å². The SMILES string of the molecule is N#CC1CNCCN1S(=O)(=O)c1cccc(Cl)c1F. The van der Waals surface area contributed by atoms with E-state index in [4.69, 9.17) is 16.9 Å². The summed E-state index contributed by atoms with van der Waals surface area (Å²) in [6.45, 7) is 0.754. The number of nitrogens with zero attached hydrogens (tertiary/aromatic N) is 2. The van der Waals surface area contributed by atoms with Crippen molar-refractivity contribution in [1.29, 1.82) is 5.26 Å². The summed E-state index contributed by atoms with van der Waals surface area (Å²) in [6, 6.07) is 4.82. The van der Waals surface area contributed by atoms with Gasteiger partial charge in [-0.15, -0.1) is 0 Å². The first-order chi connectivity index (χ1) is 8.98. The molecule has 0 radical (unpaired) electrons. The van der Waals surface area contributed by atoms with E-state index in [1.165, 1.54) is 12.1 Å². The number of hydrogen-bond donors (Lipinski definition) is 1. The van der Waals surface area contributed by atoms with Gasteiger partial charge in [0, 0.05) is 19.6 Å². The Morgan fingerprint density at radius 3 is 2.95 bits per heavy atom. The zero-order chi connectivity index (χ0) is 14.0. The molecule has 1 saturated heterocycles. The molecule has 8 heteroatoms. The first kappa shape index (κ1) is 14.2. The van der Waals surface area contributed by atoms with Crippen molar-refractivity contribution in [2.24, 2.45) is 0 Å². The van der Waals surface area contributed by atoms with Crippen LogP contribution in [-0.2, 0) is 10.0 Å². The van der Waals surface area contributed by atoms with Crippen molar-refractivity contribution in [2.45, 2.75) is 10.9 Å². The zero-order valence-corrected chi connectivity index (χ0v) is 11.4. The van der Waals surface area contributed by atoms with Crippen LogP contribution in [0.3, 0.4) is 0 Å². The van der Waals surface area contributed by atoms with E-state index >= 15 is 0 Å². The van der Waals surface area contributed by atoms with Crippen LogP contribution in [0.4, 0.5) is 4.39 Å². The Morgan fingerprint density at radius 1 is 1.53 bits per heavy atom. The van der Waals surface area contributed by atoms with Crippen molar-refractivity contribution in [3.63, 3.8) is 0 Å². The number of nitriles is 1. The molecule has 2 rings (SSSR count). The van der Waals surface area contributed by atoms with Crippen LogP contribution in [-0.4, -0.2) is 38.4 Å². The van der Waals surface area contributed by atoms with E-state index < -0.39 is 26.8 Å². The van der Waals surface area contributed by atoms with Gasteiger partial charge < -0.3 is 5.32 Å². The Bertz CT molecular complexity index is 629. The molecule has 1 unspecified atom stereocenters. The van der Waals surface area contributed by atoms with Gasteiger partial charge >= 0.3 is 0 Å². The van der Waals surface area contributed by atoms with Crippen molar-refractivity contribution >= 4 is 21.6 Å². The van der Waals surface area contributed by atoms with E-state index in [9.17, 15) is 12.8 Å². The number of benzene rings is 1. The maximum absolute atomic E-state index is 13.8. The van der Waals surface area contributed by atoms with Gasteiger partial charge in [0.25, 0.3) is 0 Å². The average Bonchev–Trinajstić information content (AvgIpc) is 2.41. The van der Waals surface area contributed by atoms with E-state index in [2.05, 4.69) is 5.32 Å². The minimum Gasteiger partial charge on any atom is -0.313 e. The van der Waals surface area contributed by atoms with Crippen LogP contribution < -0.4 is 5.32 Å². The highest BCUT2D eigenvalue weighted by atomic mass is 35.5. The molecule has 1 aromatic rings. The first-order valence-corrected chi connectivity index (χ1v) is 7.36. The molecule has 0 spiro atoms. The smallest absolute Gasteiger partial charge is 0.247 e. The maximum atomic E-state index is 13.8. The van der Waals surface area contributed by atoms with Crippen molar-refractivity contribution in [2.75, 3.05) is 19.6 Å². The summed E-state index contributed by atoms with van der Waals surface area (Å²) < 4.78 is 39.6. The van der Waals surface area contributed by atoms with E-state index in [1.807, 2.05) is 6.07 Å². The fourth-order valence-corrected chi connectivity index (χ4v) is 3.75. The van der Waals surface area contributed by atoms with Gasteiger partial charge in [-0.3, -0.25) is 0 Å². The summed E-state index contributed by atoms with van der Waals surface area (Å²) in [5, 5.41) is 11.6. The molecule has 1 aliphatic rings. The van der Waals surface area contributed by atoms with Gasteiger partial charge in [0.1, 0.15) is 10.9 Å². The molecule has 102 valence electrons. The van der Waals surface area contributed by atoms with Gasteiger partial charge in [0.15, 0.2) is 5.82 Å². The molecule has 0 bridgehead atoms. The second-order valence-electron chi connectivity index (χ2n) is 4.02. The van der Waals surface area contributed by atoms with E-state index in [1.54, 1.807) is 0 Å². The van der Waals surface area contributed by atoms with E-state index in [-0.39, 0.29) is 18.1 Å². The highest BCUT2D eigenvalue weighted by Crippen LogP contribution is 2.26. The summed E-state index contributed by atoms with van der Waals surface area (Å²) in [4.78, 5) is -0.498. The van der Waals surface area contributed by atoms with Crippen LogP contribution in [0.5, 0.6) is 0 Å². The van der Waals surface area contributed by atoms with Crippen LogP contribution in [0, 0.1) is 17.1 Å². The first-order valence-electron chi connectivity index (χ1n) is 5.54. The Labute approximate surface area is 115 Å². The number of rotatable bonds is 2. The van der Waals surface area contributed by atoms with Crippen molar-refractivity contribution in [3.8, 4) is 6.07 Å². The molecule has 0 aliphatic carbocycles. The number of piperazine rings is 1. The molecule has 0 saturated carbocycles. The lowest BCUT2D eigenvalue weighted by Gasteiger charge is -2.31. The zero-order valence-electron chi connectivity index (χ0n) is 9.81. The fourth-order valence-electron chi connectivity index (χ4n) is 1.89. The van der Waals surface area contributed by atoms with E-state index in [0.717, 1.165) is 10.4 Å². The highest BCUT2D eigenvalue weighted by molar-refractivity contribution is 7.89. The quantitative estimate of drug-likeness (QED) is 0.883. The molecule has 1 aromatic carbocycles. The largest absolute Gasteiger partial charge is 0.313 e. The summed E-state index contributed by atoms with van der Waals surface area (Å²) in [6.07, 6.45) is 0. The van der Waals surface area contributed by atoms with Crippen molar-refractivity contribution in [1.82, 2.24) is 9.62 Å². The van der Waals surface area contributed by atoms with Gasteiger partial charge in [0.05, 0.1) is 11.1 Å². The number of sulfonamides is 1. The highest BCUT2D eigenvalue weighted by Gasteiger charge is 2.35. The minimum absolute atomic E-state index is 0.118. The van der Waals surface area contributed by atoms with Gasteiger partial charge in [-0.2, -0.15) is 9.57 Å². The standard InChI is InChI=1S/C11H11ClFN3O2S/c12-9-2-1-3-10(11(9)13)19(17,18)16-5-4-15-7-8(16)6-14/h1-3,8,15H,4-5,7H2. The number of halogens is 2. The van der Waals surface area contributed by atoms with Crippen LogP contribution in [0.25, 0.3) is 0 Å². The van der Waals surface area contributed by atoms with Gasteiger partial charge in [0.2, 0.25) is 10.0 Å². The molecule has 1 N–H and O–H groups in total. The Balaban J connectivity index is 2.47. The van der Waals surface area contributed by atoms with Crippen LogP contribution >= 0.6 is 11.6 Å². The minimum atomic E-state index is -4.07. The molecule has 19 heavy (non-hydrogen) atoms. The molecule has 0 aromatic heterocycles. The molecule has 1 atom stereocenters. The lowest BCUT2D eigenvalue weighted by molar-refractivity contribution is 0.310. The summed E-state index contributed by atoms with van der Waals surface area (Å²) in [7, 11) is -4.07. The third kappa shape index (κ3) is 2.58. The fraction of sp³-hybridized carbons (Fsp3) is 0.364. The molecular weight excluding hydrogens is 293 g/mol. The topological polar surface area (TPSA) is 73.2 Å². The predicted molar refractivity (Wildman–Crippen MR) is 67.6 cm³/mol. The van der Waals surface area contributed by atoms with Crippen LogP contribution in [0.1, 0.15) is 0 Å². The molecule has 0 amide bonds. The second-order valence-corrected chi connectivity index (χ2v) is 6.28. The molecule has 5 nitrogen and oxygen atoms in total. The average molecular weight is 304 g/mol. The number of hydrogen-bond acceptors (Lipinski definition) is 4. The monoisotopic (exact) mass is 303 g/mol. The third-order valence-corrected chi connectivity index (χ3v) is 5.06. The van der Waals surface area contributed by atoms with Crippen molar-refractivity contribution in [3.05, 3.63) is 29.0 Å². The van der Waals surface area contributed by atoms with Crippen molar-refractivity contribution < 1.29 is 12.8 Å². The lowest BCUT2D eigenvalue weighted by Crippen LogP contribution is -2.52. The summed E-state index contributed by atoms with van der Waals surface area (Å²) >= 11 is 5.59. The third-order valence-electron chi connectivity index (χ3n) is 2.85. The lowest BCUT2D eigenvalue weighted by atomic mass is 10.3. The Morgan fingerprint density at radius 2 is 2.26 bits per heavy atom. The van der Waals surface area contributed by atoms with Gasteiger partial charge in [-0.1, -0.05) is 17.7 Å². The second kappa shape index (κ2) is 5.43.